The van der Waals surface area contributed by atoms with Crippen LogP contribution >= 0.6 is 0 Å². The Balaban J connectivity index is 2.21. The normalized spacial score (nSPS) is 24.9. The fourth-order valence-corrected chi connectivity index (χ4v) is 4.26. The van der Waals surface area contributed by atoms with Gasteiger partial charge >= 0.3 is 0 Å². The number of nitrogens with zero attached hydrogens (tertiary/aromatic N) is 4. The fourth-order valence-electron chi connectivity index (χ4n) is 2.92. The lowest BCUT2D eigenvalue weighted by Crippen LogP contribution is -2.48. The minimum absolute atomic E-state index is 0.165. The zero-order valence-corrected chi connectivity index (χ0v) is 13.7. The summed E-state index contributed by atoms with van der Waals surface area (Å²) in [6.45, 7) is 6.82. The second-order valence-electron chi connectivity index (χ2n) is 6.10. The molecule has 21 heavy (non-hydrogen) atoms. The molecule has 0 aromatic carbocycles. The number of hydrogen-bond donors (Lipinski definition) is 0. The topological polar surface area (TPSA) is 85.2 Å². The lowest BCUT2D eigenvalue weighted by molar-refractivity contribution is -0.133. The predicted octanol–water partition coefficient (Wildman–Crippen LogP) is 0.482. The van der Waals surface area contributed by atoms with Crippen molar-refractivity contribution in [2.45, 2.75) is 37.6 Å². The van der Waals surface area contributed by atoms with Crippen LogP contribution in [0.5, 0.6) is 0 Å². The summed E-state index contributed by atoms with van der Waals surface area (Å²) >= 11 is 0. The largest absolute Gasteiger partial charge is 0.341 e. The first-order chi connectivity index (χ1) is 9.73. The van der Waals surface area contributed by atoms with Gasteiger partial charge in [0.25, 0.3) is 0 Å². The van der Waals surface area contributed by atoms with E-state index in [1.807, 2.05) is 0 Å². The Morgan fingerprint density at radius 2 is 1.90 bits per heavy atom. The highest BCUT2D eigenvalue weighted by Gasteiger charge is 2.37. The minimum Gasteiger partial charge on any atom is -0.341 e. The summed E-state index contributed by atoms with van der Waals surface area (Å²) < 4.78 is 26.3. The molecule has 3 unspecified atom stereocenters. The molecule has 1 aliphatic heterocycles. The lowest BCUT2D eigenvalue weighted by Gasteiger charge is -2.36. The average Bonchev–Trinajstić information content (AvgIpc) is 2.82. The van der Waals surface area contributed by atoms with Gasteiger partial charge in [-0.25, -0.2) is 8.42 Å². The van der Waals surface area contributed by atoms with Crippen LogP contribution in [0, 0.1) is 11.8 Å². The van der Waals surface area contributed by atoms with Crippen LogP contribution in [0.4, 0.5) is 0 Å². The standard InChI is InChI=1S/C13H22N4O3S/c1-9-5-10(2)7-17(6-9)12(18)11(3)21(19,20)13-15-14-8-16(13)4/h8-11H,5-7H2,1-4H3. The van der Waals surface area contributed by atoms with Gasteiger partial charge < -0.3 is 9.47 Å². The summed E-state index contributed by atoms with van der Waals surface area (Å²) in [6, 6.07) is 0. The summed E-state index contributed by atoms with van der Waals surface area (Å²) in [7, 11) is -2.26. The van der Waals surface area contributed by atoms with Crippen molar-refractivity contribution in [3.05, 3.63) is 6.33 Å². The van der Waals surface area contributed by atoms with Gasteiger partial charge in [-0.3, -0.25) is 4.79 Å². The van der Waals surface area contributed by atoms with Gasteiger partial charge in [0.2, 0.25) is 20.9 Å². The number of carbonyl (C=O) groups excluding carboxylic acids is 1. The third kappa shape index (κ3) is 3.09. The van der Waals surface area contributed by atoms with E-state index >= 15 is 0 Å². The van der Waals surface area contributed by atoms with Gasteiger partial charge in [-0.1, -0.05) is 13.8 Å². The number of sulfone groups is 1. The molecule has 1 aromatic heterocycles. The van der Waals surface area contributed by atoms with Gasteiger partial charge in [0.1, 0.15) is 11.6 Å². The Morgan fingerprint density at radius 1 is 1.33 bits per heavy atom. The Morgan fingerprint density at radius 3 is 2.38 bits per heavy atom. The third-order valence-corrected chi connectivity index (χ3v) is 5.93. The molecule has 0 N–H and O–H groups in total. The molecule has 1 fully saturated rings. The van der Waals surface area contributed by atoms with Crippen LogP contribution in [0.3, 0.4) is 0 Å². The molecule has 0 spiro atoms. The zero-order valence-electron chi connectivity index (χ0n) is 12.9. The molecule has 1 saturated heterocycles. The summed E-state index contributed by atoms with van der Waals surface area (Å²) in [4.78, 5) is 14.2. The van der Waals surface area contributed by atoms with Gasteiger partial charge in [0.15, 0.2) is 0 Å². The molecule has 1 amide bonds. The van der Waals surface area contributed by atoms with Crippen LogP contribution in [-0.4, -0.2) is 52.3 Å². The first-order valence-corrected chi connectivity index (χ1v) is 8.64. The van der Waals surface area contributed by atoms with E-state index in [4.69, 9.17) is 0 Å². The number of amides is 1. The fraction of sp³-hybridized carbons (Fsp3) is 0.769. The van der Waals surface area contributed by atoms with Gasteiger partial charge in [0, 0.05) is 20.1 Å². The Bertz CT molecular complexity index is 615. The van der Waals surface area contributed by atoms with Crippen LogP contribution in [0.1, 0.15) is 27.2 Å². The van der Waals surface area contributed by atoms with Gasteiger partial charge in [-0.2, -0.15) is 0 Å². The Kier molecular flexibility index (Phi) is 4.36. The predicted molar refractivity (Wildman–Crippen MR) is 77.2 cm³/mol. The van der Waals surface area contributed by atoms with Crippen LogP contribution in [0.2, 0.25) is 0 Å². The maximum atomic E-state index is 12.5. The monoisotopic (exact) mass is 314 g/mol. The van der Waals surface area contributed by atoms with E-state index < -0.39 is 15.1 Å². The highest BCUT2D eigenvalue weighted by molar-refractivity contribution is 7.92. The van der Waals surface area contributed by atoms with Crippen LogP contribution in [0.25, 0.3) is 0 Å². The highest BCUT2D eigenvalue weighted by atomic mass is 32.2. The van der Waals surface area contributed by atoms with Crippen molar-refractivity contribution in [3.63, 3.8) is 0 Å². The Labute approximate surface area is 125 Å². The number of rotatable bonds is 3. The van der Waals surface area contributed by atoms with E-state index in [-0.39, 0.29) is 11.1 Å². The SMILES string of the molecule is CC1CC(C)CN(C(=O)C(C)S(=O)(=O)c2nncn2C)C1. The van der Waals surface area contributed by atoms with E-state index in [2.05, 4.69) is 24.0 Å². The van der Waals surface area contributed by atoms with E-state index in [0.717, 1.165) is 6.42 Å². The molecule has 1 aromatic rings. The van der Waals surface area contributed by atoms with Crippen molar-refractivity contribution in [1.29, 1.82) is 0 Å². The van der Waals surface area contributed by atoms with Crippen LogP contribution < -0.4 is 0 Å². The molecule has 0 radical (unpaired) electrons. The second kappa shape index (κ2) is 5.75. The molecule has 2 heterocycles. The van der Waals surface area contributed by atoms with E-state index in [1.54, 1.807) is 11.9 Å². The number of piperidine rings is 1. The Hall–Kier alpha value is -1.44. The number of likely N-dealkylation sites (tertiary alicyclic amines) is 1. The van der Waals surface area contributed by atoms with E-state index in [0.29, 0.717) is 24.9 Å². The molecule has 0 bridgehead atoms. The smallest absolute Gasteiger partial charge is 0.250 e. The summed E-state index contributed by atoms with van der Waals surface area (Å²) in [6.07, 6.45) is 2.38. The average molecular weight is 314 g/mol. The lowest BCUT2D eigenvalue weighted by atomic mass is 9.92. The molecule has 0 saturated carbocycles. The van der Waals surface area contributed by atoms with Crippen molar-refractivity contribution >= 4 is 15.7 Å². The molecular formula is C13H22N4O3S. The number of aryl methyl sites for hydroxylation is 1. The van der Waals surface area contributed by atoms with Gasteiger partial charge in [-0.05, 0) is 25.2 Å². The van der Waals surface area contributed by atoms with E-state index in [1.165, 1.54) is 17.8 Å². The first-order valence-electron chi connectivity index (χ1n) is 7.10. The van der Waals surface area contributed by atoms with Crippen molar-refractivity contribution in [2.75, 3.05) is 13.1 Å². The second-order valence-corrected chi connectivity index (χ2v) is 8.26. The van der Waals surface area contributed by atoms with Gasteiger partial charge in [0.05, 0.1) is 0 Å². The van der Waals surface area contributed by atoms with Crippen molar-refractivity contribution in [1.82, 2.24) is 19.7 Å². The van der Waals surface area contributed by atoms with Crippen molar-refractivity contribution < 1.29 is 13.2 Å². The highest BCUT2D eigenvalue weighted by Crippen LogP contribution is 2.23. The molecule has 3 atom stereocenters. The molecular weight excluding hydrogens is 292 g/mol. The quantitative estimate of drug-likeness (QED) is 0.810. The van der Waals surface area contributed by atoms with Crippen molar-refractivity contribution in [3.8, 4) is 0 Å². The summed E-state index contributed by atoms with van der Waals surface area (Å²) in [5.41, 5.74) is 0. The molecule has 0 aliphatic carbocycles. The maximum Gasteiger partial charge on any atom is 0.250 e. The summed E-state index contributed by atoms with van der Waals surface area (Å²) in [5, 5.41) is 5.89. The minimum atomic E-state index is -3.81. The molecule has 1 aliphatic rings. The maximum absolute atomic E-state index is 12.5. The van der Waals surface area contributed by atoms with Gasteiger partial charge in [-0.15, -0.1) is 10.2 Å². The zero-order chi connectivity index (χ0) is 15.8. The van der Waals surface area contributed by atoms with Crippen LogP contribution in [-0.2, 0) is 21.7 Å². The number of hydrogen-bond acceptors (Lipinski definition) is 5. The molecule has 7 nitrogen and oxygen atoms in total. The van der Waals surface area contributed by atoms with Crippen molar-refractivity contribution in [2.24, 2.45) is 18.9 Å². The number of aromatic nitrogens is 3. The van der Waals surface area contributed by atoms with E-state index in [9.17, 15) is 13.2 Å². The molecule has 118 valence electrons. The molecule has 2 rings (SSSR count). The van der Waals surface area contributed by atoms with Crippen LogP contribution in [0.15, 0.2) is 11.5 Å². The first kappa shape index (κ1) is 15.9. The third-order valence-electron chi connectivity index (χ3n) is 3.92. The number of carbonyl (C=O) groups is 1. The molecule has 8 heteroatoms. The summed E-state index contributed by atoms with van der Waals surface area (Å²) in [5.74, 6) is 0.432.